The minimum atomic E-state index is -0.428. The summed E-state index contributed by atoms with van der Waals surface area (Å²) in [6, 6.07) is 3.13. The number of aromatic nitrogens is 1. The minimum Gasteiger partial charge on any atom is -0.460 e. The lowest BCUT2D eigenvalue weighted by molar-refractivity contribution is 0.0288. The van der Waals surface area contributed by atoms with Crippen LogP contribution in [0.15, 0.2) is 18.3 Å². The maximum absolute atomic E-state index is 11.5. The van der Waals surface area contributed by atoms with Crippen molar-refractivity contribution in [3.63, 3.8) is 0 Å². The predicted octanol–water partition coefficient (Wildman–Crippen LogP) is 0.874. The fourth-order valence-corrected chi connectivity index (χ4v) is 1.21. The van der Waals surface area contributed by atoms with Crippen molar-refractivity contribution in [2.45, 2.75) is 6.42 Å². The molecule has 0 fully saturated rings. The smallest absolute Gasteiger partial charge is 0.339 e. The minimum absolute atomic E-state index is 0.218. The van der Waals surface area contributed by atoms with Crippen LogP contribution in [0.25, 0.3) is 0 Å². The summed E-state index contributed by atoms with van der Waals surface area (Å²) in [4.78, 5) is 15.3. The number of ether oxygens (including phenoxy) is 3. The van der Waals surface area contributed by atoms with Gasteiger partial charge in [0.2, 0.25) is 0 Å². The number of carbonyl (C=O) groups excluding carboxylic acids is 1. The van der Waals surface area contributed by atoms with Crippen LogP contribution in [-0.4, -0.2) is 44.5 Å². The van der Waals surface area contributed by atoms with Crippen LogP contribution in [0.4, 0.5) is 5.82 Å². The first-order chi connectivity index (χ1) is 8.74. The molecule has 100 valence electrons. The fourth-order valence-electron chi connectivity index (χ4n) is 1.21. The van der Waals surface area contributed by atoms with Crippen molar-refractivity contribution in [3.8, 4) is 0 Å². The van der Waals surface area contributed by atoms with E-state index in [2.05, 4.69) is 4.98 Å². The first kappa shape index (κ1) is 14.4. The van der Waals surface area contributed by atoms with Gasteiger partial charge in [-0.1, -0.05) is 0 Å². The van der Waals surface area contributed by atoms with E-state index in [1.54, 1.807) is 19.2 Å². The monoisotopic (exact) mass is 254 g/mol. The molecule has 0 radical (unpaired) electrons. The Balaban J connectivity index is 2.12. The second kappa shape index (κ2) is 8.43. The van der Waals surface area contributed by atoms with Gasteiger partial charge in [-0.3, -0.25) is 0 Å². The molecule has 0 unspecified atom stereocenters. The first-order valence-electron chi connectivity index (χ1n) is 5.69. The number of anilines is 1. The molecule has 18 heavy (non-hydrogen) atoms. The lowest BCUT2D eigenvalue weighted by Crippen LogP contribution is -2.12. The number of rotatable bonds is 8. The number of carbonyl (C=O) groups is 1. The third kappa shape index (κ3) is 5.60. The summed E-state index contributed by atoms with van der Waals surface area (Å²) >= 11 is 0. The molecular formula is C12H18N2O4. The molecule has 0 spiro atoms. The van der Waals surface area contributed by atoms with Crippen molar-refractivity contribution < 1.29 is 19.0 Å². The van der Waals surface area contributed by atoms with Crippen molar-refractivity contribution in [3.05, 3.63) is 23.9 Å². The number of nitrogens with zero attached hydrogens (tertiary/aromatic N) is 1. The van der Waals surface area contributed by atoms with E-state index < -0.39 is 5.97 Å². The Kier molecular flexibility index (Phi) is 6.75. The summed E-state index contributed by atoms with van der Waals surface area (Å²) in [6.45, 7) is 1.85. The van der Waals surface area contributed by atoms with Gasteiger partial charge in [0.15, 0.2) is 0 Å². The van der Waals surface area contributed by atoms with Crippen molar-refractivity contribution in [2.24, 2.45) is 0 Å². The van der Waals surface area contributed by atoms with Gasteiger partial charge in [-0.15, -0.1) is 0 Å². The molecule has 1 aromatic rings. The summed E-state index contributed by atoms with van der Waals surface area (Å²) in [6.07, 6.45) is 2.21. The van der Waals surface area contributed by atoms with Crippen molar-refractivity contribution in [1.29, 1.82) is 0 Å². The van der Waals surface area contributed by atoms with E-state index in [4.69, 9.17) is 19.9 Å². The number of nitrogen functional groups attached to an aromatic ring is 1. The number of hydrogen-bond acceptors (Lipinski definition) is 6. The molecule has 1 rings (SSSR count). The van der Waals surface area contributed by atoms with Crippen molar-refractivity contribution >= 4 is 11.8 Å². The van der Waals surface area contributed by atoms with Gasteiger partial charge in [0.25, 0.3) is 0 Å². The van der Waals surface area contributed by atoms with Gasteiger partial charge in [-0.05, 0) is 18.6 Å². The second-order valence-corrected chi connectivity index (χ2v) is 3.57. The van der Waals surface area contributed by atoms with Gasteiger partial charge in [0, 0.05) is 26.5 Å². The lowest BCUT2D eigenvalue weighted by Gasteiger charge is -2.06. The molecule has 0 saturated heterocycles. The average molecular weight is 254 g/mol. The van der Waals surface area contributed by atoms with Crippen LogP contribution in [0.3, 0.4) is 0 Å². The Hall–Kier alpha value is -1.66. The first-order valence-corrected chi connectivity index (χ1v) is 5.69. The molecule has 2 N–H and O–H groups in total. The lowest BCUT2D eigenvalue weighted by atomic mass is 10.3. The average Bonchev–Trinajstić information content (AvgIpc) is 2.38. The van der Waals surface area contributed by atoms with Crippen LogP contribution in [-0.2, 0) is 14.2 Å². The van der Waals surface area contributed by atoms with Crippen LogP contribution in [0, 0.1) is 0 Å². The van der Waals surface area contributed by atoms with E-state index in [9.17, 15) is 4.79 Å². The van der Waals surface area contributed by atoms with Crippen molar-refractivity contribution in [2.75, 3.05) is 39.3 Å². The van der Waals surface area contributed by atoms with E-state index in [1.807, 2.05) is 0 Å². The molecule has 6 nitrogen and oxygen atoms in total. The van der Waals surface area contributed by atoms with Gasteiger partial charge in [-0.2, -0.15) is 0 Å². The highest BCUT2D eigenvalue weighted by molar-refractivity contribution is 5.89. The third-order valence-electron chi connectivity index (χ3n) is 2.12. The predicted molar refractivity (Wildman–Crippen MR) is 66.2 cm³/mol. The summed E-state index contributed by atoms with van der Waals surface area (Å²) in [5.41, 5.74) is 5.79. The number of esters is 1. The number of pyridine rings is 1. The second-order valence-electron chi connectivity index (χ2n) is 3.57. The Morgan fingerprint density at radius 3 is 2.78 bits per heavy atom. The fraction of sp³-hybridized carbons (Fsp3) is 0.500. The summed E-state index contributed by atoms with van der Waals surface area (Å²) in [7, 11) is 1.64. The normalized spacial score (nSPS) is 10.3. The number of hydrogen-bond donors (Lipinski definition) is 1. The van der Waals surface area contributed by atoms with Crippen LogP contribution in [0.1, 0.15) is 16.8 Å². The molecule has 0 bridgehead atoms. The largest absolute Gasteiger partial charge is 0.460 e. The standard InChI is InChI=1S/C12H18N2O4/c1-16-5-2-6-17-7-8-18-12(15)10-3-4-11(13)14-9-10/h3-4,9H,2,5-8H2,1H3,(H2,13,14). The zero-order chi connectivity index (χ0) is 13.2. The van der Waals surface area contributed by atoms with E-state index in [1.165, 1.54) is 6.20 Å². The Bertz CT molecular complexity index is 354. The number of nitrogens with two attached hydrogens (primary N) is 1. The Labute approximate surface area is 106 Å². The molecule has 0 aromatic carbocycles. The zero-order valence-corrected chi connectivity index (χ0v) is 10.4. The van der Waals surface area contributed by atoms with Gasteiger partial charge in [0.1, 0.15) is 12.4 Å². The zero-order valence-electron chi connectivity index (χ0n) is 10.4. The van der Waals surface area contributed by atoms with E-state index in [0.29, 0.717) is 31.2 Å². The van der Waals surface area contributed by atoms with Crippen molar-refractivity contribution in [1.82, 2.24) is 4.98 Å². The molecule has 0 atom stereocenters. The molecule has 0 amide bonds. The van der Waals surface area contributed by atoms with E-state index in [-0.39, 0.29) is 6.61 Å². The van der Waals surface area contributed by atoms with Crippen LogP contribution in [0.5, 0.6) is 0 Å². The van der Waals surface area contributed by atoms with E-state index >= 15 is 0 Å². The highest BCUT2D eigenvalue weighted by atomic mass is 16.6. The summed E-state index contributed by atoms with van der Waals surface area (Å²) < 4.78 is 15.1. The molecule has 1 aromatic heterocycles. The topological polar surface area (TPSA) is 83.7 Å². The summed E-state index contributed by atoms with van der Waals surface area (Å²) in [5, 5.41) is 0. The molecule has 0 aliphatic carbocycles. The molecule has 0 aliphatic rings. The molecular weight excluding hydrogens is 236 g/mol. The highest BCUT2D eigenvalue weighted by Gasteiger charge is 2.06. The maximum atomic E-state index is 11.5. The number of methoxy groups -OCH3 is 1. The van der Waals surface area contributed by atoms with Crippen LogP contribution in [0.2, 0.25) is 0 Å². The Morgan fingerprint density at radius 2 is 2.11 bits per heavy atom. The van der Waals surface area contributed by atoms with Crippen LogP contribution < -0.4 is 5.73 Å². The van der Waals surface area contributed by atoms with Crippen LogP contribution >= 0.6 is 0 Å². The maximum Gasteiger partial charge on any atom is 0.339 e. The van der Waals surface area contributed by atoms with Gasteiger partial charge >= 0.3 is 5.97 Å². The third-order valence-corrected chi connectivity index (χ3v) is 2.12. The summed E-state index contributed by atoms with van der Waals surface area (Å²) in [5.74, 6) is -0.0592. The van der Waals surface area contributed by atoms with Gasteiger partial charge in [-0.25, -0.2) is 9.78 Å². The molecule has 6 heteroatoms. The van der Waals surface area contributed by atoms with Gasteiger partial charge in [0.05, 0.1) is 12.2 Å². The molecule has 0 saturated carbocycles. The molecule has 0 aliphatic heterocycles. The quantitative estimate of drug-likeness (QED) is 0.547. The Morgan fingerprint density at radius 1 is 1.28 bits per heavy atom. The molecule has 1 heterocycles. The highest BCUT2D eigenvalue weighted by Crippen LogP contribution is 2.03. The SMILES string of the molecule is COCCCOCCOC(=O)c1ccc(N)nc1. The van der Waals surface area contributed by atoms with E-state index in [0.717, 1.165) is 6.42 Å². The van der Waals surface area contributed by atoms with Gasteiger partial charge < -0.3 is 19.9 Å².